The van der Waals surface area contributed by atoms with Crippen molar-refractivity contribution in [2.45, 2.75) is 12.3 Å². The van der Waals surface area contributed by atoms with Crippen LogP contribution in [0, 0.1) is 5.92 Å². The Morgan fingerprint density at radius 2 is 2.47 bits per heavy atom. The summed E-state index contributed by atoms with van der Waals surface area (Å²) < 4.78 is 6.51. The second-order valence-electron chi connectivity index (χ2n) is 4.10. The highest BCUT2D eigenvalue weighted by atomic mass is 16.5. The molecule has 0 aliphatic heterocycles. The summed E-state index contributed by atoms with van der Waals surface area (Å²) in [4.78, 5) is 11.4. The first kappa shape index (κ1) is 10.2. The summed E-state index contributed by atoms with van der Waals surface area (Å²) in [7, 11) is 3.25. The van der Waals surface area contributed by atoms with E-state index in [-0.39, 0.29) is 5.97 Å². The minimum Gasteiger partial charge on any atom is -0.464 e. The number of methoxy groups -OCH3 is 1. The number of rotatable bonds is 3. The number of hydrogen-bond donors (Lipinski definition) is 1. The van der Waals surface area contributed by atoms with Crippen molar-refractivity contribution in [2.24, 2.45) is 18.7 Å². The third-order valence-corrected chi connectivity index (χ3v) is 3.07. The number of carbonyl (C=O) groups is 1. The molecule has 1 aromatic heterocycles. The summed E-state index contributed by atoms with van der Waals surface area (Å²) >= 11 is 0. The van der Waals surface area contributed by atoms with Crippen LogP contribution in [0.1, 0.15) is 28.4 Å². The Bertz CT molecular complexity index is 384. The van der Waals surface area contributed by atoms with Gasteiger partial charge in [-0.25, -0.2) is 4.79 Å². The van der Waals surface area contributed by atoms with Crippen LogP contribution in [-0.2, 0) is 11.8 Å². The highest BCUT2D eigenvalue weighted by molar-refractivity contribution is 5.88. The van der Waals surface area contributed by atoms with E-state index in [1.807, 2.05) is 23.9 Å². The third-order valence-electron chi connectivity index (χ3n) is 3.07. The van der Waals surface area contributed by atoms with E-state index in [1.54, 1.807) is 0 Å². The van der Waals surface area contributed by atoms with Gasteiger partial charge in [0.25, 0.3) is 0 Å². The quantitative estimate of drug-likeness (QED) is 0.750. The van der Waals surface area contributed by atoms with Crippen molar-refractivity contribution >= 4 is 5.97 Å². The first-order chi connectivity index (χ1) is 7.17. The Labute approximate surface area is 89.0 Å². The van der Waals surface area contributed by atoms with Crippen LogP contribution in [0.15, 0.2) is 12.3 Å². The summed E-state index contributed by atoms with van der Waals surface area (Å²) in [5.41, 5.74) is 7.40. The average Bonchev–Trinajstić information content (AvgIpc) is 2.94. The van der Waals surface area contributed by atoms with E-state index in [9.17, 15) is 4.79 Å². The van der Waals surface area contributed by atoms with Gasteiger partial charge in [-0.2, -0.15) is 0 Å². The molecule has 0 spiro atoms. The van der Waals surface area contributed by atoms with Crippen molar-refractivity contribution in [1.29, 1.82) is 0 Å². The Balaban J connectivity index is 2.19. The lowest BCUT2D eigenvalue weighted by molar-refractivity contribution is 0.0590. The molecule has 1 fully saturated rings. The maximum absolute atomic E-state index is 11.4. The van der Waals surface area contributed by atoms with E-state index >= 15 is 0 Å². The van der Waals surface area contributed by atoms with Gasteiger partial charge in [0.1, 0.15) is 5.69 Å². The van der Waals surface area contributed by atoms with Gasteiger partial charge in [-0.1, -0.05) is 0 Å². The molecule has 1 aliphatic carbocycles. The topological polar surface area (TPSA) is 57.2 Å². The van der Waals surface area contributed by atoms with Crippen molar-refractivity contribution in [3.8, 4) is 0 Å². The highest BCUT2D eigenvalue weighted by Crippen LogP contribution is 2.46. The summed E-state index contributed by atoms with van der Waals surface area (Å²) in [5.74, 6) is 0.853. The van der Waals surface area contributed by atoms with Gasteiger partial charge in [0.2, 0.25) is 0 Å². The fourth-order valence-corrected chi connectivity index (χ4v) is 2.02. The van der Waals surface area contributed by atoms with Crippen LogP contribution >= 0.6 is 0 Å². The van der Waals surface area contributed by atoms with Crippen molar-refractivity contribution < 1.29 is 9.53 Å². The molecule has 4 nitrogen and oxygen atoms in total. The van der Waals surface area contributed by atoms with Crippen molar-refractivity contribution in [3.63, 3.8) is 0 Å². The SMILES string of the molecule is COC(=O)c1cc([C@@H]2C[C@H]2CN)cn1C. The lowest BCUT2D eigenvalue weighted by Gasteiger charge is -1.98. The van der Waals surface area contributed by atoms with Crippen LogP contribution in [0.25, 0.3) is 0 Å². The molecule has 2 N–H and O–H groups in total. The second-order valence-corrected chi connectivity index (χ2v) is 4.10. The van der Waals surface area contributed by atoms with Gasteiger partial charge in [-0.15, -0.1) is 0 Å². The Hall–Kier alpha value is -1.29. The molecular formula is C11H16N2O2. The third kappa shape index (κ3) is 1.77. The maximum Gasteiger partial charge on any atom is 0.354 e. The van der Waals surface area contributed by atoms with Gasteiger partial charge >= 0.3 is 5.97 Å². The molecule has 0 amide bonds. The molecule has 1 heterocycles. The first-order valence-electron chi connectivity index (χ1n) is 5.12. The lowest BCUT2D eigenvalue weighted by atomic mass is 10.2. The maximum atomic E-state index is 11.4. The minimum atomic E-state index is -0.284. The van der Waals surface area contributed by atoms with Crippen molar-refractivity contribution in [2.75, 3.05) is 13.7 Å². The summed E-state index contributed by atoms with van der Waals surface area (Å²) in [6.45, 7) is 0.729. The molecule has 1 saturated carbocycles. The molecule has 15 heavy (non-hydrogen) atoms. The molecule has 2 rings (SSSR count). The number of esters is 1. The van der Waals surface area contributed by atoms with Crippen molar-refractivity contribution in [3.05, 3.63) is 23.5 Å². The molecule has 0 unspecified atom stereocenters. The molecule has 2 atom stereocenters. The summed E-state index contributed by atoms with van der Waals surface area (Å²) in [5, 5.41) is 0. The minimum absolute atomic E-state index is 0.284. The molecule has 4 heteroatoms. The predicted octanol–water partition coefficient (Wildman–Crippen LogP) is 0.874. The van der Waals surface area contributed by atoms with Crippen LogP contribution in [-0.4, -0.2) is 24.2 Å². The van der Waals surface area contributed by atoms with Gasteiger partial charge in [-0.3, -0.25) is 0 Å². The molecule has 1 aromatic rings. The number of nitrogens with two attached hydrogens (primary N) is 1. The van der Waals surface area contributed by atoms with Crippen LogP contribution < -0.4 is 5.73 Å². The normalized spacial score (nSPS) is 23.9. The van der Waals surface area contributed by atoms with Gasteiger partial charge in [0.15, 0.2) is 0 Å². The highest BCUT2D eigenvalue weighted by Gasteiger charge is 2.38. The number of carbonyl (C=O) groups excluding carboxylic acids is 1. The Morgan fingerprint density at radius 1 is 1.73 bits per heavy atom. The molecule has 0 saturated heterocycles. The van der Waals surface area contributed by atoms with Crippen molar-refractivity contribution in [1.82, 2.24) is 4.57 Å². The zero-order chi connectivity index (χ0) is 11.0. The van der Waals surface area contributed by atoms with Crippen LogP contribution in [0.5, 0.6) is 0 Å². The predicted molar refractivity (Wildman–Crippen MR) is 56.7 cm³/mol. The molecular weight excluding hydrogens is 192 g/mol. The molecule has 1 aliphatic rings. The largest absolute Gasteiger partial charge is 0.464 e. The number of nitrogens with zero attached hydrogens (tertiary/aromatic N) is 1. The fraction of sp³-hybridized carbons (Fsp3) is 0.545. The zero-order valence-electron chi connectivity index (χ0n) is 9.06. The van der Waals surface area contributed by atoms with Crippen LogP contribution in [0.3, 0.4) is 0 Å². The van der Waals surface area contributed by atoms with Crippen LogP contribution in [0.4, 0.5) is 0 Å². The molecule has 0 bridgehead atoms. The van der Waals surface area contributed by atoms with Crippen LogP contribution in [0.2, 0.25) is 0 Å². The van der Waals surface area contributed by atoms with E-state index in [2.05, 4.69) is 0 Å². The Kier molecular flexibility index (Phi) is 2.52. The summed E-state index contributed by atoms with van der Waals surface area (Å²) in [6, 6.07) is 1.91. The van der Waals surface area contributed by atoms with Gasteiger partial charge in [0.05, 0.1) is 7.11 Å². The molecule has 0 aromatic carbocycles. The van der Waals surface area contributed by atoms with E-state index in [1.165, 1.54) is 12.7 Å². The Morgan fingerprint density at radius 3 is 3.00 bits per heavy atom. The van der Waals surface area contributed by atoms with Gasteiger partial charge < -0.3 is 15.0 Å². The van der Waals surface area contributed by atoms with Gasteiger partial charge in [0, 0.05) is 13.2 Å². The van der Waals surface area contributed by atoms with E-state index in [0.29, 0.717) is 17.5 Å². The number of aromatic nitrogens is 1. The second kappa shape index (κ2) is 3.70. The fourth-order valence-electron chi connectivity index (χ4n) is 2.02. The lowest BCUT2D eigenvalue weighted by Crippen LogP contribution is -2.06. The number of aryl methyl sites for hydroxylation is 1. The van der Waals surface area contributed by atoms with E-state index in [4.69, 9.17) is 10.5 Å². The smallest absolute Gasteiger partial charge is 0.354 e. The number of hydrogen-bond acceptors (Lipinski definition) is 3. The number of ether oxygens (including phenoxy) is 1. The van der Waals surface area contributed by atoms with Gasteiger partial charge in [-0.05, 0) is 36.4 Å². The standard InChI is InChI=1S/C11H16N2O2/c1-13-6-8(9-3-7(9)5-12)4-10(13)11(14)15-2/h4,6-7,9H,3,5,12H2,1-2H3/t7-,9+/m0/s1. The van der Waals surface area contributed by atoms with E-state index in [0.717, 1.165) is 13.0 Å². The molecule has 82 valence electrons. The average molecular weight is 208 g/mol. The zero-order valence-corrected chi connectivity index (χ0v) is 9.06. The monoisotopic (exact) mass is 208 g/mol. The molecule has 0 radical (unpaired) electrons. The van der Waals surface area contributed by atoms with E-state index < -0.39 is 0 Å². The first-order valence-corrected chi connectivity index (χ1v) is 5.12. The summed E-state index contributed by atoms with van der Waals surface area (Å²) in [6.07, 6.45) is 3.13.